The molecule has 0 amide bonds. The van der Waals surface area contributed by atoms with Crippen LogP contribution in [0.3, 0.4) is 0 Å². The van der Waals surface area contributed by atoms with Gasteiger partial charge in [0, 0.05) is 24.7 Å². The summed E-state index contributed by atoms with van der Waals surface area (Å²) in [7, 11) is 1.75. The molecule has 24 heavy (non-hydrogen) atoms. The first kappa shape index (κ1) is 15.7. The molecule has 4 heteroatoms. The Balaban J connectivity index is 1.83. The summed E-state index contributed by atoms with van der Waals surface area (Å²) in [6.45, 7) is 5.40. The summed E-state index contributed by atoms with van der Waals surface area (Å²) in [5, 5.41) is 9.00. The van der Waals surface area contributed by atoms with Crippen molar-refractivity contribution in [3.05, 3.63) is 47.4 Å². The highest BCUT2D eigenvalue weighted by molar-refractivity contribution is 5.62. The quantitative estimate of drug-likeness (QED) is 0.831. The van der Waals surface area contributed by atoms with E-state index in [-0.39, 0.29) is 16.6 Å². The predicted octanol–water partition coefficient (Wildman–Crippen LogP) is 4.47. The Morgan fingerprint density at radius 2 is 2.04 bits per heavy atom. The van der Waals surface area contributed by atoms with Crippen LogP contribution in [0.1, 0.15) is 50.3 Å². The van der Waals surface area contributed by atoms with Crippen LogP contribution < -0.4 is 0 Å². The Labute approximate surface area is 142 Å². The number of aromatic nitrogens is 2. The molecular formula is C20H23FN2O. The van der Waals surface area contributed by atoms with Crippen LogP contribution in [0.2, 0.25) is 0 Å². The normalized spacial score (nSPS) is 26.6. The molecule has 0 N–H and O–H groups in total. The summed E-state index contributed by atoms with van der Waals surface area (Å²) in [5.74, 6) is 0.216. The number of nitrogens with zero attached hydrogens (tertiary/aromatic N) is 2. The minimum atomic E-state index is -0.247. The van der Waals surface area contributed by atoms with Crippen LogP contribution in [0, 0.1) is 11.2 Å². The van der Waals surface area contributed by atoms with E-state index in [4.69, 9.17) is 4.74 Å². The predicted molar refractivity (Wildman–Crippen MR) is 91.4 cm³/mol. The fourth-order valence-electron chi connectivity index (χ4n) is 5.06. The zero-order chi connectivity index (χ0) is 16.9. The molecule has 2 aromatic rings. The molecule has 2 bridgehead atoms. The molecule has 2 aliphatic carbocycles. The van der Waals surface area contributed by atoms with Crippen LogP contribution in [0.15, 0.2) is 30.3 Å². The van der Waals surface area contributed by atoms with Gasteiger partial charge >= 0.3 is 0 Å². The lowest BCUT2D eigenvalue weighted by molar-refractivity contribution is 0.120. The van der Waals surface area contributed by atoms with E-state index in [0.717, 1.165) is 31.6 Å². The lowest BCUT2D eigenvalue weighted by Crippen LogP contribution is -2.36. The third-order valence-corrected chi connectivity index (χ3v) is 6.50. The summed E-state index contributed by atoms with van der Waals surface area (Å²) >= 11 is 0. The molecule has 1 fully saturated rings. The van der Waals surface area contributed by atoms with Crippen molar-refractivity contribution in [3.8, 4) is 11.3 Å². The van der Waals surface area contributed by atoms with Gasteiger partial charge in [-0.25, -0.2) is 4.39 Å². The molecule has 126 valence electrons. The number of methoxy groups -OCH3 is 1. The molecule has 3 nitrogen and oxygen atoms in total. The van der Waals surface area contributed by atoms with Crippen LogP contribution in [-0.2, 0) is 10.2 Å². The van der Waals surface area contributed by atoms with Gasteiger partial charge in [-0.2, -0.15) is 10.2 Å². The molecule has 1 aromatic carbocycles. The minimum absolute atomic E-state index is 0.0315. The second-order valence-electron chi connectivity index (χ2n) is 7.65. The van der Waals surface area contributed by atoms with Gasteiger partial charge in [0.25, 0.3) is 0 Å². The van der Waals surface area contributed by atoms with Crippen molar-refractivity contribution in [2.24, 2.45) is 5.41 Å². The first-order valence-corrected chi connectivity index (χ1v) is 8.63. The van der Waals surface area contributed by atoms with E-state index in [1.807, 2.05) is 6.07 Å². The molecule has 2 aliphatic rings. The van der Waals surface area contributed by atoms with E-state index in [9.17, 15) is 4.39 Å². The number of rotatable bonds is 4. The van der Waals surface area contributed by atoms with Crippen LogP contribution in [0.4, 0.5) is 4.39 Å². The average Bonchev–Trinajstić information content (AvgIpc) is 2.94. The summed E-state index contributed by atoms with van der Waals surface area (Å²) in [5.41, 5.74) is 3.70. The molecule has 4 rings (SSSR count). The molecule has 1 aromatic heterocycles. The summed E-state index contributed by atoms with van der Waals surface area (Å²) in [6.07, 6.45) is 3.26. The third-order valence-electron chi connectivity index (χ3n) is 6.50. The van der Waals surface area contributed by atoms with E-state index < -0.39 is 0 Å². The fourth-order valence-corrected chi connectivity index (χ4v) is 5.06. The number of fused-ring (bicyclic) bond motifs is 5. The molecule has 1 heterocycles. The topological polar surface area (TPSA) is 35.0 Å². The zero-order valence-corrected chi connectivity index (χ0v) is 14.5. The van der Waals surface area contributed by atoms with Crippen LogP contribution in [-0.4, -0.2) is 23.9 Å². The van der Waals surface area contributed by atoms with Gasteiger partial charge < -0.3 is 4.74 Å². The molecule has 0 saturated heterocycles. The minimum Gasteiger partial charge on any atom is -0.385 e. The summed E-state index contributed by atoms with van der Waals surface area (Å²) in [6, 6.07) is 8.85. The van der Waals surface area contributed by atoms with Gasteiger partial charge in [-0.15, -0.1) is 0 Å². The van der Waals surface area contributed by atoms with Crippen LogP contribution >= 0.6 is 0 Å². The standard InChI is InChI=1S/C20H23FN2O/c1-19(2)15-8-9-20(19,10-11-24-3)18-14(15)12-17(22-23-18)13-6-4-5-7-16(13)21/h4-7,12,15H,8-11H2,1-3H3. The Hall–Kier alpha value is -1.81. The largest absolute Gasteiger partial charge is 0.385 e. The van der Waals surface area contributed by atoms with Crippen molar-refractivity contribution < 1.29 is 9.13 Å². The van der Waals surface area contributed by atoms with Crippen LogP contribution in [0.5, 0.6) is 0 Å². The Morgan fingerprint density at radius 1 is 1.25 bits per heavy atom. The molecule has 0 aliphatic heterocycles. The number of hydrogen-bond donors (Lipinski definition) is 0. The van der Waals surface area contributed by atoms with Gasteiger partial charge in [-0.1, -0.05) is 26.0 Å². The fraction of sp³-hybridized carbons (Fsp3) is 0.500. The maximum Gasteiger partial charge on any atom is 0.132 e. The summed E-state index contributed by atoms with van der Waals surface area (Å²) < 4.78 is 19.5. The number of halogens is 1. The number of hydrogen-bond acceptors (Lipinski definition) is 3. The van der Waals surface area contributed by atoms with Crippen molar-refractivity contribution >= 4 is 0 Å². The maximum atomic E-state index is 14.1. The molecule has 0 spiro atoms. The first-order chi connectivity index (χ1) is 11.5. The molecule has 1 saturated carbocycles. The maximum absolute atomic E-state index is 14.1. The van der Waals surface area contributed by atoms with E-state index in [1.165, 1.54) is 11.6 Å². The van der Waals surface area contributed by atoms with Gasteiger partial charge in [0.1, 0.15) is 5.82 Å². The van der Waals surface area contributed by atoms with Crippen molar-refractivity contribution in [1.29, 1.82) is 0 Å². The second kappa shape index (κ2) is 5.35. The average molecular weight is 326 g/mol. The Kier molecular flexibility index (Phi) is 3.50. The van der Waals surface area contributed by atoms with Crippen LogP contribution in [0.25, 0.3) is 11.3 Å². The molecule has 0 radical (unpaired) electrons. The number of ether oxygens (including phenoxy) is 1. The Morgan fingerprint density at radius 3 is 2.79 bits per heavy atom. The second-order valence-corrected chi connectivity index (χ2v) is 7.65. The van der Waals surface area contributed by atoms with E-state index >= 15 is 0 Å². The highest BCUT2D eigenvalue weighted by Gasteiger charge is 2.62. The van der Waals surface area contributed by atoms with Gasteiger partial charge in [0.2, 0.25) is 0 Å². The van der Waals surface area contributed by atoms with Crippen molar-refractivity contribution in [3.63, 3.8) is 0 Å². The first-order valence-electron chi connectivity index (χ1n) is 8.63. The lowest BCUT2D eigenvalue weighted by Gasteiger charge is -2.37. The monoisotopic (exact) mass is 326 g/mol. The SMILES string of the molecule is COCCC12CCC(c3cc(-c4ccccc4F)nnc31)C2(C)C. The van der Waals surface area contributed by atoms with Crippen molar-refractivity contribution in [2.75, 3.05) is 13.7 Å². The molecule has 2 unspecified atom stereocenters. The van der Waals surface area contributed by atoms with E-state index in [1.54, 1.807) is 19.2 Å². The molecular weight excluding hydrogens is 303 g/mol. The van der Waals surface area contributed by atoms with Gasteiger partial charge in [-0.05, 0) is 54.4 Å². The lowest BCUT2D eigenvalue weighted by atomic mass is 9.66. The van der Waals surface area contributed by atoms with E-state index in [2.05, 4.69) is 30.1 Å². The highest BCUT2D eigenvalue weighted by Crippen LogP contribution is 2.68. The van der Waals surface area contributed by atoms with Crippen molar-refractivity contribution in [1.82, 2.24) is 10.2 Å². The van der Waals surface area contributed by atoms with Gasteiger partial charge in [0.15, 0.2) is 0 Å². The van der Waals surface area contributed by atoms with Crippen molar-refractivity contribution in [2.45, 2.75) is 44.4 Å². The highest BCUT2D eigenvalue weighted by atomic mass is 19.1. The van der Waals surface area contributed by atoms with Gasteiger partial charge in [-0.3, -0.25) is 0 Å². The Bertz CT molecular complexity index is 789. The molecule has 2 atom stereocenters. The third kappa shape index (κ3) is 1.92. The summed E-state index contributed by atoms with van der Waals surface area (Å²) in [4.78, 5) is 0. The van der Waals surface area contributed by atoms with Gasteiger partial charge in [0.05, 0.1) is 11.4 Å². The van der Waals surface area contributed by atoms with E-state index in [0.29, 0.717) is 17.2 Å². The smallest absolute Gasteiger partial charge is 0.132 e. The number of benzene rings is 1. The zero-order valence-electron chi connectivity index (χ0n) is 14.5.